The third-order valence-electron chi connectivity index (χ3n) is 3.15. The van der Waals surface area contributed by atoms with Gasteiger partial charge in [-0.15, -0.1) is 11.6 Å². The van der Waals surface area contributed by atoms with E-state index in [4.69, 9.17) is 11.6 Å². The van der Waals surface area contributed by atoms with E-state index in [1.807, 2.05) is 11.6 Å². The molecular weight excluding hydrogens is 224 g/mol. The lowest BCUT2D eigenvalue weighted by Crippen LogP contribution is -2.06. The summed E-state index contributed by atoms with van der Waals surface area (Å²) in [5.41, 5.74) is 3.17. The fourth-order valence-corrected chi connectivity index (χ4v) is 2.45. The first-order valence-electron chi connectivity index (χ1n) is 5.76. The zero-order valence-corrected chi connectivity index (χ0v) is 10.3. The Bertz CT molecular complexity index is 536. The highest BCUT2D eigenvalue weighted by molar-refractivity contribution is 6.16. The number of rotatable bonds is 3. The summed E-state index contributed by atoms with van der Waals surface area (Å²) in [6.45, 7) is 5.00. The molecule has 1 aliphatic rings. The fraction of sp³-hybridized carbons (Fsp3) is 0.636. The van der Waals surface area contributed by atoms with Crippen LogP contribution in [0.25, 0.3) is 11.2 Å². The van der Waals surface area contributed by atoms with Crippen LogP contribution in [0.4, 0.5) is 0 Å². The van der Waals surface area contributed by atoms with Crippen LogP contribution in [0.1, 0.15) is 37.3 Å². The molecule has 3 rings (SSSR count). The van der Waals surface area contributed by atoms with Gasteiger partial charge in [-0.25, -0.2) is 9.67 Å². The van der Waals surface area contributed by atoms with Gasteiger partial charge in [0.25, 0.3) is 0 Å². The quantitative estimate of drug-likeness (QED) is 0.771. The molecule has 0 amide bonds. The Morgan fingerprint density at radius 2 is 2.19 bits per heavy atom. The smallest absolute Gasteiger partial charge is 0.159 e. The van der Waals surface area contributed by atoms with E-state index < -0.39 is 0 Å². The Morgan fingerprint density at radius 3 is 2.75 bits per heavy atom. The van der Waals surface area contributed by atoms with Crippen LogP contribution in [0.15, 0.2) is 0 Å². The molecule has 16 heavy (non-hydrogen) atoms. The maximum absolute atomic E-state index is 5.97. The van der Waals surface area contributed by atoms with E-state index in [9.17, 15) is 0 Å². The van der Waals surface area contributed by atoms with E-state index in [0.717, 1.165) is 29.2 Å². The van der Waals surface area contributed by atoms with Crippen LogP contribution in [0, 0.1) is 6.92 Å². The molecule has 1 saturated carbocycles. The minimum absolute atomic E-state index is 0.480. The minimum atomic E-state index is 0.480. The molecule has 1 fully saturated rings. The van der Waals surface area contributed by atoms with E-state index in [0.29, 0.717) is 11.9 Å². The third-order valence-corrected chi connectivity index (χ3v) is 3.39. The molecular formula is C11H15ClN4. The molecule has 0 saturated heterocycles. The normalized spacial score (nSPS) is 16.2. The minimum Gasteiger partial charge on any atom is -0.309 e. The van der Waals surface area contributed by atoms with Crippen molar-refractivity contribution in [2.24, 2.45) is 0 Å². The maximum atomic E-state index is 5.97. The van der Waals surface area contributed by atoms with Crippen molar-refractivity contribution in [2.45, 2.75) is 45.2 Å². The predicted molar refractivity (Wildman–Crippen MR) is 63.8 cm³/mol. The molecule has 0 atom stereocenters. The molecule has 0 aliphatic heterocycles. The average molecular weight is 239 g/mol. The highest BCUT2D eigenvalue weighted by Gasteiger charge is 2.30. The first kappa shape index (κ1) is 10.1. The molecule has 0 spiro atoms. The van der Waals surface area contributed by atoms with Gasteiger partial charge in [0.1, 0.15) is 11.3 Å². The number of aromatic nitrogens is 4. The number of imidazole rings is 1. The average Bonchev–Trinajstić information content (AvgIpc) is 2.97. The lowest BCUT2D eigenvalue weighted by atomic mass is 10.4. The van der Waals surface area contributed by atoms with E-state index in [1.165, 1.54) is 12.8 Å². The van der Waals surface area contributed by atoms with Gasteiger partial charge in [-0.3, -0.25) is 0 Å². The van der Waals surface area contributed by atoms with Crippen LogP contribution in [-0.2, 0) is 12.4 Å². The molecule has 4 nitrogen and oxygen atoms in total. The highest BCUT2D eigenvalue weighted by atomic mass is 35.5. The van der Waals surface area contributed by atoms with Crippen molar-refractivity contribution in [1.29, 1.82) is 0 Å². The van der Waals surface area contributed by atoms with Gasteiger partial charge in [0.05, 0.1) is 11.6 Å². The third kappa shape index (κ3) is 1.29. The summed E-state index contributed by atoms with van der Waals surface area (Å²) < 4.78 is 4.32. The zero-order valence-electron chi connectivity index (χ0n) is 9.57. The van der Waals surface area contributed by atoms with Crippen molar-refractivity contribution in [3.63, 3.8) is 0 Å². The van der Waals surface area contributed by atoms with Gasteiger partial charge in [0.15, 0.2) is 5.65 Å². The number of hydrogen-bond donors (Lipinski definition) is 0. The summed E-state index contributed by atoms with van der Waals surface area (Å²) in [6, 6.07) is 0.597. The van der Waals surface area contributed by atoms with Crippen molar-refractivity contribution in [1.82, 2.24) is 19.3 Å². The Balaban J connectivity index is 2.32. The van der Waals surface area contributed by atoms with Gasteiger partial charge in [0.2, 0.25) is 0 Å². The summed E-state index contributed by atoms with van der Waals surface area (Å²) in [4.78, 5) is 4.61. The lowest BCUT2D eigenvalue weighted by Gasteiger charge is -2.06. The van der Waals surface area contributed by atoms with Gasteiger partial charge in [-0.1, -0.05) is 0 Å². The van der Waals surface area contributed by atoms with Gasteiger partial charge in [-0.05, 0) is 26.7 Å². The standard InChI is InChI=1S/C11H15ClN4/c1-3-15-11-10(7(2)14-15)13-9(6-12)16(11)8-4-5-8/h8H,3-6H2,1-2H3. The summed E-state index contributed by atoms with van der Waals surface area (Å²) >= 11 is 5.97. The summed E-state index contributed by atoms with van der Waals surface area (Å²) in [5, 5.41) is 4.50. The van der Waals surface area contributed by atoms with Crippen LogP contribution in [0.2, 0.25) is 0 Å². The van der Waals surface area contributed by atoms with Crippen molar-refractivity contribution in [2.75, 3.05) is 0 Å². The number of hydrogen-bond acceptors (Lipinski definition) is 2. The Labute approximate surface area is 99.2 Å². The summed E-state index contributed by atoms with van der Waals surface area (Å²) in [7, 11) is 0. The van der Waals surface area contributed by atoms with Gasteiger partial charge in [-0.2, -0.15) is 5.10 Å². The van der Waals surface area contributed by atoms with E-state index in [2.05, 4.69) is 21.6 Å². The van der Waals surface area contributed by atoms with Crippen LogP contribution < -0.4 is 0 Å². The van der Waals surface area contributed by atoms with Crippen LogP contribution in [-0.4, -0.2) is 19.3 Å². The highest BCUT2D eigenvalue weighted by Crippen LogP contribution is 2.39. The molecule has 5 heteroatoms. The largest absolute Gasteiger partial charge is 0.309 e. The van der Waals surface area contributed by atoms with E-state index >= 15 is 0 Å². The van der Waals surface area contributed by atoms with Crippen molar-refractivity contribution >= 4 is 22.8 Å². The molecule has 0 aromatic carbocycles. The molecule has 0 N–H and O–H groups in total. The molecule has 86 valence electrons. The number of alkyl halides is 1. The number of fused-ring (bicyclic) bond motifs is 1. The zero-order chi connectivity index (χ0) is 11.3. The Morgan fingerprint density at radius 1 is 1.44 bits per heavy atom. The van der Waals surface area contributed by atoms with Gasteiger partial charge >= 0.3 is 0 Å². The molecule has 0 bridgehead atoms. The topological polar surface area (TPSA) is 35.6 Å². The Hall–Kier alpha value is -1.03. The maximum Gasteiger partial charge on any atom is 0.159 e. The Kier molecular flexibility index (Phi) is 2.21. The van der Waals surface area contributed by atoms with Crippen LogP contribution in [0.3, 0.4) is 0 Å². The first-order valence-corrected chi connectivity index (χ1v) is 6.30. The van der Waals surface area contributed by atoms with E-state index in [1.54, 1.807) is 0 Å². The molecule has 2 heterocycles. The van der Waals surface area contributed by atoms with Gasteiger partial charge in [0, 0.05) is 12.6 Å². The second kappa shape index (κ2) is 3.48. The lowest BCUT2D eigenvalue weighted by molar-refractivity contribution is 0.626. The predicted octanol–water partition coefficient (Wildman–Crippen LogP) is 2.63. The first-order chi connectivity index (χ1) is 7.76. The fourth-order valence-electron chi connectivity index (χ4n) is 2.27. The molecule has 0 radical (unpaired) electrons. The van der Waals surface area contributed by atoms with Crippen LogP contribution >= 0.6 is 11.6 Å². The van der Waals surface area contributed by atoms with Crippen molar-refractivity contribution in [3.8, 4) is 0 Å². The summed E-state index contributed by atoms with van der Waals surface area (Å²) in [6.07, 6.45) is 2.48. The second-order valence-electron chi connectivity index (χ2n) is 4.34. The second-order valence-corrected chi connectivity index (χ2v) is 4.60. The molecule has 2 aromatic rings. The van der Waals surface area contributed by atoms with Crippen molar-refractivity contribution in [3.05, 3.63) is 11.5 Å². The molecule has 2 aromatic heterocycles. The summed E-state index contributed by atoms with van der Waals surface area (Å²) in [5.74, 6) is 1.47. The molecule has 0 unspecified atom stereocenters. The number of nitrogens with zero attached hydrogens (tertiary/aromatic N) is 4. The number of aryl methyl sites for hydroxylation is 2. The van der Waals surface area contributed by atoms with Crippen LogP contribution in [0.5, 0.6) is 0 Å². The molecule has 1 aliphatic carbocycles. The van der Waals surface area contributed by atoms with E-state index in [-0.39, 0.29) is 0 Å². The number of halogens is 1. The monoisotopic (exact) mass is 238 g/mol. The van der Waals surface area contributed by atoms with Crippen molar-refractivity contribution < 1.29 is 0 Å². The SMILES string of the molecule is CCn1nc(C)c2nc(CCl)n(C3CC3)c21. The van der Waals surface area contributed by atoms with Gasteiger partial charge < -0.3 is 4.57 Å².